The predicted molar refractivity (Wildman–Crippen MR) is 93.3 cm³/mol. The summed E-state index contributed by atoms with van der Waals surface area (Å²) in [6.07, 6.45) is 0. The Bertz CT molecular complexity index is 539. The number of hydrogen-bond donors (Lipinski definition) is 3. The van der Waals surface area contributed by atoms with Gasteiger partial charge in [0.05, 0.1) is 13.2 Å². The lowest BCUT2D eigenvalue weighted by Crippen LogP contribution is -2.42. The fourth-order valence-electron chi connectivity index (χ4n) is 2.38. The summed E-state index contributed by atoms with van der Waals surface area (Å²) in [7, 11) is 0. The van der Waals surface area contributed by atoms with Crippen molar-refractivity contribution in [1.29, 1.82) is 0 Å². The molecule has 0 aromatic heterocycles. The molecular weight excluding hydrogens is 308 g/mol. The highest BCUT2D eigenvalue weighted by Gasteiger charge is 2.10. The van der Waals surface area contributed by atoms with E-state index in [0.717, 1.165) is 32.8 Å². The number of ether oxygens (including phenoxy) is 1. The van der Waals surface area contributed by atoms with Gasteiger partial charge in [0.1, 0.15) is 0 Å². The van der Waals surface area contributed by atoms with Crippen molar-refractivity contribution in [2.75, 3.05) is 44.7 Å². The third kappa shape index (κ3) is 6.17. The third-order valence-corrected chi connectivity index (χ3v) is 3.64. The Morgan fingerprint density at radius 3 is 2.46 bits per heavy atom. The number of carbonyl (C=O) groups is 2. The second kappa shape index (κ2) is 9.24. The van der Waals surface area contributed by atoms with E-state index in [1.165, 1.54) is 0 Å². The molecule has 132 valence electrons. The normalized spacial score (nSPS) is 15.1. The minimum absolute atomic E-state index is 0.0903. The van der Waals surface area contributed by atoms with Crippen molar-refractivity contribution in [2.45, 2.75) is 19.9 Å². The van der Waals surface area contributed by atoms with Crippen LogP contribution in [0.1, 0.15) is 24.2 Å². The number of urea groups is 1. The van der Waals surface area contributed by atoms with Gasteiger partial charge in [-0.3, -0.25) is 9.69 Å². The molecule has 0 spiro atoms. The lowest BCUT2D eigenvalue weighted by atomic mass is 10.2. The van der Waals surface area contributed by atoms with Gasteiger partial charge in [-0.2, -0.15) is 0 Å². The number of amides is 3. The molecule has 7 heteroatoms. The number of anilines is 1. The van der Waals surface area contributed by atoms with Crippen molar-refractivity contribution in [3.8, 4) is 0 Å². The molecule has 1 heterocycles. The Morgan fingerprint density at radius 1 is 1.17 bits per heavy atom. The van der Waals surface area contributed by atoms with Crippen LogP contribution >= 0.6 is 0 Å². The first-order chi connectivity index (χ1) is 11.5. The van der Waals surface area contributed by atoms with Gasteiger partial charge in [0.25, 0.3) is 5.91 Å². The number of rotatable bonds is 6. The minimum Gasteiger partial charge on any atom is -0.379 e. The fourth-order valence-corrected chi connectivity index (χ4v) is 2.38. The second-order valence-electron chi connectivity index (χ2n) is 6.04. The number of nitrogens with one attached hydrogen (secondary N) is 3. The van der Waals surface area contributed by atoms with Crippen LogP contribution in [-0.2, 0) is 4.74 Å². The average molecular weight is 334 g/mol. The molecule has 2 rings (SSSR count). The van der Waals surface area contributed by atoms with Gasteiger partial charge in [0, 0.05) is 43.5 Å². The summed E-state index contributed by atoms with van der Waals surface area (Å²) in [4.78, 5) is 26.0. The van der Waals surface area contributed by atoms with Crippen LogP contribution in [0.25, 0.3) is 0 Å². The lowest BCUT2D eigenvalue weighted by molar-refractivity contribution is 0.0388. The van der Waals surface area contributed by atoms with Crippen LogP contribution in [0.2, 0.25) is 0 Å². The van der Waals surface area contributed by atoms with Crippen molar-refractivity contribution in [3.05, 3.63) is 29.8 Å². The Morgan fingerprint density at radius 2 is 1.83 bits per heavy atom. The monoisotopic (exact) mass is 334 g/mol. The second-order valence-corrected chi connectivity index (χ2v) is 6.04. The fraction of sp³-hybridized carbons (Fsp3) is 0.529. The molecule has 1 fully saturated rings. The van der Waals surface area contributed by atoms with Gasteiger partial charge >= 0.3 is 6.03 Å². The summed E-state index contributed by atoms with van der Waals surface area (Å²) in [5, 5.41) is 8.42. The van der Waals surface area contributed by atoms with E-state index in [2.05, 4.69) is 20.9 Å². The van der Waals surface area contributed by atoms with E-state index in [0.29, 0.717) is 17.8 Å². The van der Waals surface area contributed by atoms with Crippen molar-refractivity contribution < 1.29 is 14.3 Å². The van der Waals surface area contributed by atoms with Gasteiger partial charge in [-0.05, 0) is 38.1 Å². The van der Waals surface area contributed by atoms with E-state index in [4.69, 9.17) is 4.74 Å². The molecule has 0 unspecified atom stereocenters. The van der Waals surface area contributed by atoms with Gasteiger partial charge in [-0.1, -0.05) is 0 Å². The van der Waals surface area contributed by atoms with Crippen molar-refractivity contribution in [2.24, 2.45) is 0 Å². The number of morpholine rings is 1. The molecule has 1 saturated heterocycles. The van der Waals surface area contributed by atoms with Crippen LogP contribution in [0.15, 0.2) is 24.3 Å². The first kappa shape index (κ1) is 18.2. The zero-order valence-corrected chi connectivity index (χ0v) is 14.3. The summed E-state index contributed by atoms with van der Waals surface area (Å²) >= 11 is 0. The number of hydrogen-bond acceptors (Lipinski definition) is 4. The first-order valence-electron chi connectivity index (χ1n) is 8.30. The van der Waals surface area contributed by atoms with Crippen LogP contribution in [0.5, 0.6) is 0 Å². The maximum absolute atomic E-state index is 11.9. The van der Waals surface area contributed by atoms with Gasteiger partial charge in [-0.25, -0.2) is 4.79 Å². The zero-order chi connectivity index (χ0) is 17.4. The highest BCUT2D eigenvalue weighted by atomic mass is 16.5. The molecule has 7 nitrogen and oxygen atoms in total. The Hall–Kier alpha value is -2.12. The molecule has 3 N–H and O–H groups in total. The van der Waals surface area contributed by atoms with Gasteiger partial charge < -0.3 is 20.7 Å². The molecule has 24 heavy (non-hydrogen) atoms. The lowest BCUT2D eigenvalue weighted by Gasteiger charge is -2.26. The predicted octanol–water partition coefficient (Wildman–Crippen LogP) is 1.28. The number of nitrogens with zero attached hydrogens (tertiary/aromatic N) is 1. The standard InChI is InChI=1S/C17H26N4O3/c1-13(2)19-16(22)14-3-5-15(6-4-14)20-17(23)18-7-8-21-9-11-24-12-10-21/h3-6,13H,7-12H2,1-2H3,(H,19,22)(H2,18,20,23). The van der Waals surface area contributed by atoms with Crippen LogP contribution in [0, 0.1) is 0 Å². The van der Waals surface area contributed by atoms with Gasteiger partial charge in [0.15, 0.2) is 0 Å². The highest BCUT2D eigenvalue weighted by Crippen LogP contribution is 2.09. The first-order valence-corrected chi connectivity index (χ1v) is 8.30. The maximum Gasteiger partial charge on any atom is 0.319 e. The third-order valence-electron chi connectivity index (χ3n) is 3.64. The van der Waals surface area contributed by atoms with E-state index in [9.17, 15) is 9.59 Å². The molecule has 0 saturated carbocycles. The highest BCUT2D eigenvalue weighted by molar-refractivity contribution is 5.95. The molecule has 0 bridgehead atoms. The molecule has 1 aromatic carbocycles. The van der Waals surface area contributed by atoms with Crippen LogP contribution in [0.3, 0.4) is 0 Å². The van der Waals surface area contributed by atoms with Crippen molar-refractivity contribution >= 4 is 17.6 Å². The smallest absolute Gasteiger partial charge is 0.319 e. The molecular formula is C17H26N4O3. The van der Waals surface area contributed by atoms with Crippen LogP contribution in [-0.4, -0.2) is 62.3 Å². The molecule has 0 aliphatic carbocycles. The van der Waals surface area contributed by atoms with Gasteiger partial charge in [0.2, 0.25) is 0 Å². The van der Waals surface area contributed by atoms with Crippen LogP contribution in [0.4, 0.5) is 10.5 Å². The van der Waals surface area contributed by atoms with E-state index in [-0.39, 0.29) is 18.0 Å². The Balaban J connectivity index is 1.72. The molecule has 1 aliphatic rings. The van der Waals surface area contributed by atoms with Gasteiger partial charge in [-0.15, -0.1) is 0 Å². The Labute approximate surface area is 142 Å². The zero-order valence-electron chi connectivity index (χ0n) is 14.3. The van der Waals surface area contributed by atoms with E-state index in [1.807, 2.05) is 13.8 Å². The minimum atomic E-state index is -0.248. The van der Waals surface area contributed by atoms with E-state index in [1.54, 1.807) is 24.3 Å². The SMILES string of the molecule is CC(C)NC(=O)c1ccc(NC(=O)NCCN2CCOCC2)cc1. The van der Waals surface area contributed by atoms with Crippen molar-refractivity contribution in [1.82, 2.24) is 15.5 Å². The van der Waals surface area contributed by atoms with Crippen LogP contribution < -0.4 is 16.0 Å². The summed E-state index contributed by atoms with van der Waals surface area (Å²) in [6, 6.07) is 6.67. The Kier molecular flexibility index (Phi) is 7.02. The van der Waals surface area contributed by atoms with Crippen molar-refractivity contribution in [3.63, 3.8) is 0 Å². The summed E-state index contributed by atoms with van der Waals surface area (Å²) in [5.74, 6) is -0.119. The molecule has 1 aromatic rings. The molecule has 3 amide bonds. The summed E-state index contributed by atoms with van der Waals surface area (Å²) in [6.45, 7) is 8.54. The summed E-state index contributed by atoms with van der Waals surface area (Å²) < 4.78 is 5.28. The summed E-state index contributed by atoms with van der Waals surface area (Å²) in [5.41, 5.74) is 1.22. The quantitative estimate of drug-likeness (QED) is 0.732. The van der Waals surface area contributed by atoms with E-state index < -0.39 is 0 Å². The topological polar surface area (TPSA) is 82.7 Å². The number of carbonyl (C=O) groups excluding carboxylic acids is 2. The average Bonchev–Trinajstić information content (AvgIpc) is 2.56. The number of benzene rings is 1. The molecule has 0 radical (unpaired) electrons. The maximum atomic E-state index is 11.9. The van der Waals surface area contributed by atoms with E-state index >= 15 is 0 Å². The molecule has 0 atom stereocenters. The molecule has 1 aliphatic heterocycles. The largest absolute Gasteiger partial charge is 0.379 e.